The average Bonchev–Trinajstić information content (AvgIpc) is 2.83. The molecule has 0 unspecified atom stereocenters. The highest BCUT2D eigenvalue weighted by Crippen LogP contribution is 2.23. The predicted octanol–water partition coefficient (Wildman–Crippen LogP) is 4.14. The minimum absolute atomic E-state index is 0.854. The van der Waals surface area contributed by atoms with Crippen LogP contribution in [-0.4, -0.2) is 4.98 Å². The summed E-state index contributed by atoms with van der Waals surface area (Å²) in [5.41, 5.74) is 1.16. The second-order valence-corrected chi connectivity index (χ2v) is 6.46. The summed E-state index contributed by atoms with van der Waals surface area (Å²) < 4.78 is 1.17. The molecule has 15 heavy (non-hydrogen) atoms. The van der Waals surface area contributed by atoms with Crippen LogP contribution in [0.25, 0.3) is 0 Å². The third-order valence-corrected chi connectivity index (χ3v) is 4.43. The Balaban J connectivity index is 1.93. The van der Waals surface area contributed by atoms with Gasteiger partial charge in [0.2, 0.25) is 0 Å². The molecule has 2 heterocycles. The molecule has 0 fully saturated rings. The van der Waals surface area contributed by atoms with Crippen molar-refractivity contribution >= 4 is 43.7 Å². The summed E-state index contributed by atoms with van der Waals surface area (Å²) in [6.45, 7) is 2.97. The minimum Gasteiger partial charge on any atom is -0.357 e. The Morgan fingerprint density at radius 3 is 2.93 bits per heavy atom. The first-order valence-corrected chi connectivity index (χ1v) is 7.19. The van der Waals surface area contributed by atoms with Crippen LogP contribution in [0, 0.1) is 0 Å². The zero-order valence-corrected chi connectivity index (χ0v) is 11.5. The van der Waals surface area contributed by atoms with Gasteiger partial charge in [0.05, 0.1) is 16.0 Å². The van der Waals surface area contributed by atoms with Crippen molar-refractivity contribution < 1.29 is 0 Å². The van der Waals surface area contributed by atoms with Gasteiger partial charge in [-0.3, -0.25) is 0 Å². The number of thiazole rings is 1. The summed E-state index contributed by atoms with van der Waals surface area (Å²) in [5.74, 6) is 0. The Morgan fingerprint density at radius 1 is 1.47 bits per heavy atom. The van der Waals surface area contributed by atoms with E-state index in [0.717, 1.165) is 23.8 Å². The summed E-state index contributed by atoms with van der Waals surface area (Å²) >= 11 is 6.87. The number of rotatable bonds is 4. The topological polar surface area (TPSA) is 24.9 Å². The fraction of sp³-hybridized carbons (Fsp3) is 0.300. The number of aromatic nitrogens is 1. The molecular weight excluding hydrogens is 292 g/mol. The number of thiophene rings is 1. The first-order chi connectivity index (χ1) is 7.28. The summed E-state index contributed by atoms with van der Waals surface area (Å²) in [6, 6.07) is 4.19. The van der Waals surface area contributed by atoms with Crippen LogP contribution >= 0.6 is 38.6 Å². The molecule has 0 spiro atoms. The molecule has 2 aromatic heterocycles. The van der Waals surface area contributed by atoms with Gasteiger partial charge in [-0.25, -0.2) is 4.98 Å². The summed E-state index contributed by atoms with van der Waals surface area (Å²) in [6.07, 6.45) is 1.00. The molecule has 0 bridgehead atoms. The monoisotopic (exact) mass is 302 g/mol. The van der Waals surface area contributed by atoms with Gasteiger partial charge in [-0.1, -0.05) is 6.92 Å². The van der Waals surface area contributed by atoms with E-state index in [4.69, 9.17) is 0 Å². The van der Waals surface area contributed by atoms with Crippen LogP contribution in [0.2, 0.25) is 0 Å². The molecule has 80 valence electrons. The molecule has 2 rings (SSSR count). The maximum atomic E-state index is 4.45. The lowest BCUT2D eigenvalue weighted by Crippen LogP contribution is -1.96. The van der Waals surface area contributed by atoms with Crippen molar-refractivity contribution in [2.24, 2.45) is 0 Å². The summed E-state index contributed by atoms with van der Waals surface area (Å²) in [7, 11) is 0. The van der Waals surface area contributed by atoms with Gasteiger partial charge in [-0.2, -0.15) is 0 Å². The SMILES string of the molecule is CCc1csc(NCc2ccc(Br)s2)n1. The second kappa shape index (κ2) is 5.09. The second-order valence-electron chi connectivity index (χ2n) is 3.06. The van der Waals surface area contributed by atoms with Gasteiger partial charge >= 0.3 is 0 Å². The molecule has 0 aromatic carbocycles. The van der Waals surface area contributed by atoms with Crippen LogP contribution in [0.5, 0.6) is 0 Å². The molecule has 1 N–H and O–H groups in total. The molecule has 0 aliphatic rings. The smallest absolute Gasteiger partial charge is 0.183 e. The van der Waals surface area contributed by atoms with Gasteiger partial charge in [0.15, 0.2) is 5.13 Å². The first-order valence-electron chi connectivity index (χ1n) is 4.70. The highest BCUT2D eigenvalue weighted by molar-refractivity contribution is 9.11. The van der Waals surface area contributed by atoms with Crippen LogP contribution in [0.4, 0.5) is 5.13 Å². The van der Waals surface area contributed by atoms with E-state index < -0.39 is 0 Å². The van der Waals surface area contributed by atoms with Crippen molar-refractivity contribution in [3.05, 3.63) is 31.9 Å². The number of halogens is 1. The molecule has 0 saturated heterocycles. The molecule has 5 heteroatoms. The van der Waals surface area contributed by atoms with E-state index in [9.17, 15) is 0 Å². The quantitative estimate of drug-likeness (QED) is 0.918. The summed E-state index contributed by atoms with van der Waals surface area (Å²) in [4.78, 5) is 5.77. The fourth-order valence-corrected chi connectivity index (χ4v) is 3.38. The number of hydrogen-bond acceptors (Lipinski definition) is 4. The van der Waals surface area contributed by atoms with Gasteiger partial charge in [0.1, 0.15) is 0 Å². The third-order valence-electron chi connectivity index (χ3n) is 1.96. The molecule has 0 saturated carbocycles. The van der Waals surface area contributed by atoms with Crippen molar-refractivity contribution in [1.29, 1.82) is 0 Å². The summed E-state index contributed by atoms with van der Waals surface area (Å²) in [5, 5.41) is 6.44. The van der Waals surface area contributed by atoms with Crippen LogP contribution in [0.3, 0.4) is 0 Å². The van der Waals surface area contributed by atoms with E-state index in [-0.39, 0.29) is 0 Å². The largest absolute Gasteiger partial charge is 0.357 e. The number of nitrogens with zero attached hydrogens (tertiary/aromatic N) is 1. The van der Waals surface area contributed by atoms with Gasteiger partial charge in [0, 0.05) is 10.3 Å². The van der Waals surface area contributed by atoms with Crippen molar-refractivity contribution in [2.45, 2.75) is 19.9 Å². The average molecular weight is 303 g/mol. The van der Waals surface area contributed by atoms with E-state index in [1.807, 2.05) is 0 Å². The predicted molar refractivity (Wildman–Crippen MR) is 70.8 cm³/mol. The van der Waals surface area contributed by atoms with Crippen molar-refractivity contribution in [3.63, 3.8) is 0 Å². The van der Waals surface area contributed by atoms with E-state index in [1.54, 1.807) is 22.7 Å². The van der Waals surface area contributed by atoms with Crippen LogP contribution in [0.1, 0.15) is 17.5 Å². The standard InChI is InChI=1S/C10H11BrN2S2/c1-2-7-6-14-10(13-7)12-5-8-3-4-9(11)15-8/h3-4,6H,2,5H2,1H3,(H,12,13). The number of anilines is 1. The van der Waals surface area contributed by atoms with Crippen LogP contribution < -0.4 is 5.32 Å². The van der Waals surface area contributed by atoms with Gasteiger partial charge in [-0.05, 0) is 34.5 Å². The van der Waals surface area contributed by atoms with Gasteiger partial charge in [0.25, 0.3) is 0 Å². The lowest BCUT2D eigenvalue weighted by molar-refractivity contribution is 1.05. The Labute approximate surface area is 106 Å². The van der Waals surface area contributed by atoms with Crippen molar-refractivity contribution in [1.82, 2.24) is 4.98 Å². The van der Waals surface area contributed by atoms with Gasteiger partial charge in [-0.15, -0.1) is 22.7 Å². The van der Waals surface area contributed by atoms with Crippen LogP contribution in [0.15, 0.2) is 21.3 Å². The Morgan fingerprint density at radius 2 is 2.33 bits per heavy atom. The van der Waals surface area contributed by atoms with Crippen molar-refractivity contribution in [3.8, 4) is 0 Å². The molecule has 0 aliphatic carbocycles. The normalized spacial score (nSPS) is 10.5. The maximum absolute atomic E-state index is 4.45. The number of nitrogens with one attached hydrogen (secondary N) is 1. The molecular formula is C10H11BrN2S2. The van der Waals surface area contributed by atoms with Gasteiger partial charge < -0.3 is 5.32 Å². The number of hydrogen-bond donors (Lipinski definition) is 1. The Bertz CT molecular complexity index is 436. The molecule has 2 aromatic rings. The molecule has 0 amide bonds. The molecule has 0 aliphatic heterocycles. The molecule has 0 atom stereocenters. The molecule has 0 radical (unpaired) electrons. The van der Waals surface area contributed by atoms with Crippen molar-refractivity contribution in [2.75, 3.05) is 5.32 Å². The maximum Gasteiger partial charge on any atom is 0.183 e. The first kappa shape index (κ1) is 11.1. The lowest BCUT2D eigenvalue weighted by Gasteiger charge is -1.98. The Kier molecular flexibility index (Phi) is 3.77. The lowest BCUT2D eigenvalue weighted by atomic mass is 10.4. The molecule has 2 nitrogen and oxygen atoms in total. The third kappa shape index (κ3) is 3.03. The van der Waals surface area contributed by atoms with E-state index in [2.05, 4.69) is 50.7 Å². The zero-order valence-electron chi connectivity index (χ0n) is 8.29. The minimum atomic E-state index is 0.854. The van der Waals surface area contributed by atoms with E-state index in [0.29, 0.717) is 0 Å². The van der Waals surface area contributed by atoms with E-state index >= 15 is 0 Å². The Hall–Kier alpha value is -0.390. The highest BCUT2D eigenvalue weighted by atomic mass is 79.9. The van der Waals surface area contributed by atoms with E-state index in [1.165, 1.54) is 8.66 Å². The zero-order chi connectivity index (χ0) is 10.7. The highest BCUT2D eigenvalue weighted by Gasteiger charge is 2.01. The number of aryl methyl sites for hydroxylation is 1. The fourth-order valence-electron chi connectivity index (χ4n) is 1.16. The van der Waals surface area contributed by atoms with Crippen LogP contribution in [-0.2, 0) is 13.0 Å².